The molecule has 0 saturated heterocycles. The average molecular weight is 448 g/mol. The van der Waals surface area contributed by atoms with Gasteiger partial charge in [0, 0.05) is 55.2 Å². The summed E-state index contributed by atoms with van der Waals surface area (Å²) in [6.07, 6.45) is 12.8. The molecule has 0 fully saturated rings. The van der Waals surface area contributed by atoms with Gasteiger partial charge in [-0.3, -0.25) is 4.68 Å². The van der Waals surface area contributed by atoms with Crippen LogP contribution in [0.25, 0.3) is 0 Å². The van der Waals surface area contributed by atoms with Crippen molar-refractivity contribution in [3.63, 3.8) is 0 Å². The number of aryl methyl sites for hydroxylation is 3. The molecule has 0 amide bonds. The molecule has 2 aliphatic rings. The molecule has 1 atom stereocenters. The van der Waals surface area contributed by atoms with E-state index >= 15 is 0 Å². The van der Waals surface area contributed by atoms with Gasteiger partial charge in [-0.15, -0.1) is 0 Å². The van der Waals surface area contributed by atoms with Gasteiger partial charge in [-0.1, -0.05) is 0 Å². The SMILES string of the molecule is COc1cc2c(cn1)C(Oc1cc(N3C=CN(c4cnn(C)c4)C3)c(C)cc1OC)CCC2. The number of rotatable bonds is 6. The van der Waals surface area contributed by atoms with Crippen molar-refractivity contribution in [1.29, 1.82) is 0 Å². The van der Waals surface area contributed by atoms with Gasteiger partial charge in [0.25, 0.3) is 0 Å². The third-order valence-corrected chi connectivity index (χ3v) is 6.28. The highest BCUT2D eigenvalue weighted by molar-refractivity contribution is 5.66. The van der Waals surface area contributed by atoms with Crippen LogP contribution in [-0.4, -0.2) is 35.7 Å². The first-order valence-electron chi connectivity index (χ1n) is 11.1. The van der Waals surface area contributed by atoms with E-state index in [4.69, 9.17) is 14.2 Å². The van der Waals surface area contributed by atoms with Gasteiger partial charge in [0.1, 0.15) is 6.10 Å². The highest BCUT2D eigenvalue weighted by Crippen LogP contribution is 2.41. The fraction of sp³-hybridized carbons (Fsp3) is 0.360. The predicted octanol–water partition coefficient (Wildman–Crippen LogP) is 4.35. The molecule has 8 heteroatoms. The Morgan fingerprint density at radius 3 is 2.61 bits per heavy atom. The Hall–Kier alpha value is -3.68. The summed E-state index contributed by atoms with van der Waals surface area (Å²) in [4.78, 5) is 8.78. The van der Waals surface area contributed by atoms with Crippen LogP contribution >= 0.6 is 0 Å². The van der Waals surface area contributed by atoms with Gasteiger partial charge in [0.05, 0.1) is 32.8 Å². The zero-order valence-electron chi connectivity index (χ0n) is 19.5. The maximum Gasteiger partial charge on any atom is 0.213 e. The first-order chi connectivity index (χ1) is 16.1. The van der Waals surface area contributed by atoms with Crippen LogP contribution < -0.4 is 24.0 Å². The van der Waals surface area contributed by atoms with E-state index < -0.39 is 0 Å². The lowest BCUT2D eigenvalue weighted by Crippen LogP contribution is -2.25. The van der Waals surface area contributed by atoms with Gasteiger partial charge in [-0.2, -0.15) is 5.10 Å². The van der Waals surface area contributed by atoms with Crippen LogP contribution in [0, 0.1) is 6.92 Å². The fourth-order valence-corrected chi connectivity index (χ4v) is 4.52. The van der Waals surface area contributed by atoms with Crippen LogP contribution in [0.15, 0.2) is 49.2 Å². The molecule has 1 aliphatic carbocycles. The van der Waals surface area contributed by atoms with Crippen molar-refractivity contribution >= 4 is 11.4 Å². The molecule has 172 valence electrons. The van der Waals surface area contributed by atoms with Gasteiger partial charge in [-0.05, 0) is 43.4 Å². The largest absolute Gasteiger partial charge is 0.493 e. The number of methoxy groups -OCH3 is 2. The zero-order valence-corrected chi connectivity index (χ0v) is 19.5. The summed E-state index contributed by atoms with van der Waals surface area (Å²) >= 11 is 0. The van der Waals surface area contributed by atoms with Gasteiger partial charge in [0.15, 0.2) is 11.5 Å². The Morgan fingerprint density at radius 1 is 1.00 bits per heavy atom. The molecule has 0 spiro atoms. The standard InChI is InChI=1S/C25H29N5O3/c1-17-10-23(31-3)24(33-22-7-5-6-18-11-25(32-4)26-14-20(18)22)12-21(17)30-9-8-29(16-30)19-13-27-28(2)15-19/h8-15,22H,5-7,16H2,1-4H3. The molecule has 5 rings (SSSR count). The van der Waals surface area contributed by atoms with Crippen molar-refractivity contribution < 1.29 is 14.2 Å². The number of fused-ring (bicyclic) bond motifs is 1. The Morgan fingerprint density at radius 2 is 1.85 bits per heavy atom. The highest BCUT2D eigenvalue weighted by atomic mass is 16.5. The van der Waals surface area contributed by atoms with E-state index in [1.54, 1.807) is 14.2 Å². The molecule has 2 aromatic heterocycles. The van der Waals surface area contributed by atoms with Crippen LogP contribution in [-0.2, 0) is 13.5 Å². The maximum atomic E-state index is 6.56. The van der Waals surface area contributed by atoms with Crippen LogP contribution in [0.2, 0.25) is 0 Å². The molecule has 1 unspecified atom stereocenters. The van der Waals surface area contributed by atoms with Crippen LogP contribution in [0.3, 0.4) is 0 Å². The molecular weight excluding hydrogens is 418 g/mol. The van der Waals surface area contributed by atoms with E-state index in [9.17, 15) is 0 Å². The second-order valence-corrected chi connectivity index (χ2v) is 8.47. The molecule has 33 heavy (non-hydrogen) atoms. The van der Waals surface area contributed by atoms with Crippen molar-refractivity contribution in [1.82, 2.24) is 14.8 Å². The van der Waals surface area contributed by atoms with E-state index in [1.807, 2.05) is 42.5 Å². The number of pyridine rings is 1. The lowest BCUT2D eigenvalue weighted by Gasteiger charge is -2.28. The first kappa shape index (κ1) is 21.2. The third-order valence-electron chi connectivity index (χ3n) is 6.28. The Balaban J connectivity index is 1.41. The van der Waals surface area contributed by atoms with Gasteiger partial charge in [-0.25, -0.2) is 4.98 Å². The molecule has 8 nitrogen and oxygen atoms in total. The van der Waals surface area contributed by atoms with E-state index in [0.717, 1.165) is 53.3 Å². The van der Waals surface area contributed by atoms with Crippen molar-refractivity contribution in [3.8, 4) is 17.4 Å². The van der Waals surface area contributed by atoms with E-state index in [-0.39, 0.29) is 6.10 Å². The number of anilines is 2. The van der Waals surface area contributed by atoms with E-state index in [2.05, 4.69) is 45.3 Å². The lowest BCUT2D eigenvalue weighted by molar-refractivity contribution is 0.175. The number of aromatic nitrogens is 3. The second-order valence-electron chi connectivity index (χ2n) is 8.47. The first-order valence-corrected chi connectivity index (χ1v) is 11.1. The minimum Gasteiger partial charge on any atom is -0.493 e. The van der Waals surface area contributed by atoms with Gasteiger partial charge < -0.3 is 24.0 Å². The van der Waals surface area contributed by atoms with Gasteiger partial charge in [0.2, 0.25) is 5.88 Å². The highest BCUT2D eigenvalue weighted by Gasteiger charge is 2.26. The fourth-order valence-electron chi connectivity index (χ4n) is 4.52. The minimum absolute atomic E-state index is 0.0716. The number of hydrogen-bond donors (Lipinski definition) is 0. The number of hydrogen-bond acceptors (Lipinski definition) is 7. The summed E-state index contributed by atoms with van der Waals surface area (Å²) in [5.74, 6) is 2.11. The third kappa shape index (κ3) is 4.08. The molecule has 3 heterocycles. The summed E-state index contributed by atoms with van der Waals surface area (Å²) in [6, 6.07) is 6.14. The second kappa shape index (κ2) is 8.69. The summed E-state index contributed by atoms with van der Waals surface area (Å²) < 4.78 is 19.4. The van der Waals surface area contributed by atoms with E-state index in [0.29, 0.717) is 12.5 Å². The molecule has 3 aromatic rings. The van der Waals surface area contributed by atoms with Crippen molar-refractivity contribution in [3.05, 3.63) is 65.9 Å². The maximum absolute atomic E-state index is 6.56. The molecule has 1 aliphatic heterocycles. The smallest absolute Gasteiger partial charge is 0.213 e. The monoisotopic (exact) mass is 447 g/mol. The quantitative estimate of drug-likeness (QED) is 0.557. The molecular formula is C25H29N5O3. The molecule has 0 N–H and O–H groups in total. The summed E-state index contributed by atoms with van der Waals surface area (Å²) in [5, 5.41) is 4.28. The molecule has 0 bridgehead atoms. The normalized spacial score (nSPS) is 17.3. The van der Waals surface area contributed by atoms with Gasteiger partial charge >= 0.3 is 0 Å². The zero-order chi connectivity index (χ0) is 22.9. The summed E-state index contributed by atoms with van der Waals surface area (Å²) in [7, 11) is 5.25. The average Bonchev–Trinajstić information content (AvgIpc) is 3.49. The van der Waals surface area contributed by atoms with Crippen molar-refractivity contribution in [2.75, 3.05) is 30.7 Å². The molecule has 0 saturated carbocycles. The molecule has 1 aromatic carbocycles. The number of nitrogens with zero attached hydrogens (tertiary/aromatic N) is 5. The predicted molar refractivity (Wildman–Crippen MR) is 127 cm³/mol. The summed E-state index contributed by atoms with van der Waals surface area (Å²) in [5.41, 5.74) is 5.61. The minimum atomic E-state index is -0.0716. The van der Waals surface area contributed by atoms with Crippen LogP contribution in [0.1, 0.15) is 35.6 Å². The van der Waals surface area contributed by atoms with Crippen LogP contribution in [0.4, 0.5) is 11.4 Å². The Labute approximate surface area is 194 Å². The van der Waals surface area contributed by atoms with Crippen molar-refractivity contribution in [2.24, 2.45) is 7.05 Å². The Bertz CT molecular complexity index is 1190. The topological polar surface area (TPSA) is 64.9 Å². The summed E-state index contributed by atoms with van der Waals surface area (Å²) in [6.45, 7) is 2.79. The lowest BCUT2D eigenvalue weighted by atomic mass is 9.91. The number of ether oxygens (including phenoxy) is 3. The number of benzene rings is 1. The van der Waals surface area contributed by atoms with Crippen molar-refractivity contribution in [2.45, 2.75) is 32.3 Å². The van der Waals surface area contributed by atoms with E-state index in [1.165, 1.54) is 5.56 Å². The molecule has 0 radical (unpaired) electrons. The Kier molecular flexibility index (Phi) is 5.58. The van der Waals surface area contributed by atoms with Crippen LogP contribution in [0.5, 0.6) is 17.4 Å².